The number of hydrogen-bond donors (Lipinski definition) is 2. The van der Waals surface area contributed by atoms with E-state index in [9.17, 15) is 0 Å². The fourth-order valence-corrected chi connectivity index (χ4v) is 2.46. The predicted octanol–water partition coefficient (Wildman–Crippen LogP) is 3.49. The van der Waals surface area contributed by atoms with Crippen molar-refractivity contribution in [1.82, 2.24) is 10.6 Å². The van der Waals surface area contributed by atoms with Crippen LogP contribution in [0.3, 0.4) is 0 Å². The van der Waals surface area contributed by atoms with Gasteiger partial charge >= 0.3 is 0 Å². The molecule has 2 rings (SSSR count). The van der Waals surface area contributed by atoms with Crippen LogP contribution in [0.1, 0.15) is 38.3 Å². The van der Waals surface area contributed by atoms with Crippen LogP contribution < -0.4 is 15.4 Å². The number of nitrogens with zero attached hydrogens (tertiary/aromatic N) is 1. The summed E-state index contributed by atoms with van der Waals surface area (Å²) < 4.78 is 11.2. The van der Waals surface area contributed by atoms with Gasteiger partial charge < -0.3 is 20.1 Å². The van der Waals surface area contributed by atoms with Crippen LogP contribution in [0.15, 0.2) is 23.2 Å². The first-order chi connectivity index (χ1) is 11.6. The summed E-state index contributed by atoms with van der Waals surface area (Å²) in [5, 5.41) is 6.79. The van der Waals surface area contributed by atoms with E-state index in [1.807, 2.05) is 6.92 Å². The molecule has 1 aliphatic carbocycles. The average Bonchev–Trinajstić information content (AvgIpc) is 3.25. The third-order valence-corrected chi connectivity index (χ3v) is 4.10. The van der Waals surface area contributed by atoms with E-state index in [0.717, 1.165) is 29.7 Å². The first-order valence-corrected chi connectivity index (χ1v) is 8.99. The van der Waals surface area contributed by atoms with Crippen LogP contribution in [0.4, 0.5) is 0 Å². The Morgan fingerprint density at radius 3 is 2.68 bits per heavy atom. The molecule has 1 aliphatic rings. The highest BCUT2D eigenvalue weighted by molar-refractivity contribution is 14.0. The van der Waals surface area contributed by atoms with Crippen LogP contribution >= 0.6 is 24.0 Å². The zero-order valence-corrected chi connectivity index (χ0v) is 18.1. The first-order valence-electron chi connectivity index (χ1n) is 8.99. The van der Waals surface area contributed by atoms with Crippen LogP contribution in [0.25, 0.3) is 0 Å². The van der Waals surface area contributed by atoms with Crippen molar-refractivity contribution < 1.29 is 9.47 Å². The van der Waals surface area contributed by atoms with E-state index < -0.39 is 0 Å². The lowest BCUT2D eigenvalue weighted by molar-refractivity contribution is 0.110. The number of guanidine groups is 1. The van der Waals surface area contributed by atoms with Crippen molar-refractivity contribution in [2.45, 2.75) is 46.7 Å². The number of rotatable bonds is 9. The lowest BCUT2D eigenvalue weighted by Crippen LogP contribution is -2.39. The Morgan fingerprint density at radius 1 is 1.28 bits per heavy atom. The van der Waals surface area contributed by atoms with Crippen molar-refractivity contribution in [3.8, 4) is 5.75 Å². The van der Waals surface area contributed by atoms with E-state index in [4.69, 9.17) is 14.5 Å². The highest BCUT2D eigenvalue weighted by atomic mass is 127. The summed E-state index contributed by atoms with van der Waals surface area (Å²) in [4.78, 5) is 4.72. The predicted molar refractivity (Wildman–Crippen MR) is 114 cm³/mol. The summed E-state index contributed by atoms with van der Waals surface area (Å²) in [5.41, 5.74) is 2.28. The van der Waals surface area contributed by atoms with E-state index in [0.29, 0.717) is 32.4 Å². The molecule has 5 nitrogen and oxygen atoms in total. The van der Waals surface area contributed by atoms with E-state index >= 15 is 0 Å². The van der Waals surface area contributed by atoms with Crippen molar-refractivity contribution in [2.75, 3.05) is 26.4 Å². The summed E-state index contributed by atoms with van der Waals surface area (Å²) in [5.74, 6) is 2.52. The number of halogens is 1. The minimum absolute atomic E-state index is 0. The number of aliphatic imine (C=N–C) groups is 1. The molecule has 1 saturated carbocycles. The molecule has 0 aliphatic heterocycles. The van der Waals surface area contributed by atoms with E-state index in [1.54, 1.807) is 0 Å². The van der Waals surface area contributed by atoms with Gasteiger partial charge in [-0.15, -0.1) is 24.0 Å². The molecule has 0 spiro atoms. The summed E-state index contributed by atoms with van der Waals surface area (Å²) in [6.07, 6.45) is 1.22. The summed E-state index contributed by atoms with van der Waals surface area (Å²) in [7, 11) is 0. The molecule has 25 heavy (non-hydrogen) atoms. The van der Waals surface area contributed by atoms with Gasteiger partial charge in [0.1, 0.15) is 12.4 Å². The molecule has 2 N–H and O–H groups in total. The number of benzene rings is 1. The largest absolute Gasteiger partial charge is 0.491 e. The quantitative estimate of drug-likeness (QED) is 0.256. The van der Waals surface area contributed by atoms with Gasteiger partial charge in [-0.3, -0.25) is 0 Å². The van der Waals surface area contributed by atoms with E-state index in [-0.39, 0.29) is 24.0 Å². The Morgan fingerprint density at radius 2 is 2.04 bits per heavy atom. The molecule has 0 heterocycles. The third kappa shape index (κ3) is 7.81. The van der Waals surface area contributed by atoms with Gasteiger partial charge in [0.2, 0.25) is 0 Å². The third-order valence-electron chi connectivity index (χ3n) is 4.10. The minimum atomic E-state index is 0. The minimum Gasteiger partial charge on any atom is -0.491 e. The second kappa shape index (κ2) is 11.6. The van der Waals surface area contributed by atoms with Gasteiger partial charge in [-0.25, -0.2) is 4.99 Å². The number of hydrogen-bond acceptors (Lipinski definition) is 3. The monoisotopic (exact) mass is 461 g/mol. The molecule has 0 amide bonds. The van der Waals surface area contributed by atoms with Crippen LogP contribution in [-0.2, 0) is 11.3 Å². The zero-order valence-electron chi connectivity index (χ0n) is 15.8. The van der Waals surface area contributed by atoms with Gasteiger partial charge in [0.15, 0.2) is 5.96 Å². The van der Waals surface area contributed by atoms with Gasteiger partial charge in [-0.2, -0.15) is 0 Å². The van der Waals surface area contributed by atoms with Crippen LogP contribution in [0.2, 0.25) is 0 Å². The molecule has 1 aromatic rings. The molecular formula is C19H32IN3O2. The van der Waals surface area contributed by atoms with E-state index in [2.05, 4.69) is 49.6 Å². The zero-order chi connectivity index (χ0) is 17.4. The van der Waals surface area contributed by atoms with Gasteiger partial charge in [0.05, 0.1) is 13.2 Å². The number of aryl methyl sites for hydroxylation is 1. The summed E-state index contributed by atoms with van der Waals surface area (Å²) in [6, 6.07) is 6.82. The molecule has 1 fully saturated rings. The lowest BCUT2D eigenvalue weighted by atomic mass is 10.1. The smallest absolute Gasteiger partial charge is 0.191 e. The molecule has 2 unspecified atom stereocenters. The molecule has 0 aromatic heterocycles. The highest BCUT2D eigenvalue weighted by Crippen LogP contribution is 2.28. The van der Waals surface area contributed by atoms with Crippen LogP contribution in [0.5, 0.6) is 5.75 Å². The van der Waals surface area contributed by atoms with Crippen molar-refractivity contribution in [3.05, 3.63) is 29.3 Å². The van der Waals surface area contributed by atoms with Crippen LogP contribution in [0, 0.1) is 12.8 Å². The van der Waals surface area contributed by atoms with Gasteiger partial charge in [-0.05, 0) is 44.7 Å². The molecule has 0 saturated heterocycles. The van der Waals surface area contributed by atoms with Gasteiger partial charge in [0, 0.05) is 24.8 Å². The van der Waals surface area contributed by atoms with Gasteiger partial charge in [-0.1, -0.05) is 19.1 Å². The second-order valence-electron chi connectivity index (χ2n) is 6.32. The average molecular weight is 461 g/mol. The van der Waals surface area contributed by atoms with Gasteiger partial charge in [0.25, 0.3) is 0 Å². The second-order valence-corrected chi connectivity index (χ2v) is 6.32. The maximum Gasteiger partial charge on any atom is 0.191 e. The summed E-state index contributed by atoms with van der Waals surface area (Å²) >= 11 is 0. The molecule has 0 radical (unpaired) electrons. The van der Waals surface area contributed by atoms with E-state index in [1.165, 1.54) is 12.0 Å². The summed E-state index contributed by atoms with van der Waals surface area (Å²) in [6.45, 7) is 11.7. The SMILES string of the molecule is CCNC(=NCc1ccc(C)cc1OCCOCC)NC1CC1C.I. The van der Waals surface area contributed by atoms with Crippen molar-refractivity contribution in [1.29, 1.82) is 0 Å². The molecule has 2 atom stereocenters. The Bertz CT molecular complexity index is 551. The molecular weight excluding hydrogens is 429 g/mol. The maximum atomic E-state index is 5.89. The number of ether oxygens (including phenoxy) is 2. The van der Waals surface area contributed by atoms with Crippen LogP contribution in [-0.4, -0.2) is 38.4 Å². The van der Waals surface area contributed by atoms with Crippen molar-refractivity contribution in [3.63, 3.8) is 0 Å². The highest BCUT2D eigenvalue weighted by Gasteiger charge is 2.33. The first kappa shape index (κ1) is 22.0. The Hall–Kier alpha value is -1.02. The molecule has 142 valence electrons. The normalized spacial score (nSPS) is 19.1. The number of nitrogens with one attached hydrogen (secondary N) is 2. The standard InChI is InChI=1S/C19H31N3O2.HI/c1-5-20-19(22-17-12-15(17)4)21-13-16-8-7-14(3)11-18(16)24-10-9-23-6-2;/h7-8,11,15,17H,5-6,9-10,12-13H2,1-4H3,(H2,20,21,22);1H. The molecule has 1 aromatic carbocycles. The maximum absolute atomic E-state index is 5.89. The fourth-order valence-electron chi connectivity index (χ4n) is 2.46. The Balaban J connectivity index is 0.00000312. The lowest BCUT2D eigenvalue weighted by Gasteiger charge is -2.13. The molecule has 0 bridgehead atoms. The fraction of sp³-hybridized carbons (Fsp3) is 0.632. The van der Waals surface area contributed by atoms with Crippen molar-refractivity contribution >= 4 is 29.9 Å². The Labute approximate surface area is 169 Å². The topological polar surface area (TPSA) is 54.9 Å². The van der Waals surface area contributed by atoms with Crippen molar-refractivity contribution in [2.24, 2.45) is 10.9 Å². The Kier molecular flexibility index (Phi) is 10.2. The molecule has 6 heteroatoms.